The molecule has 0 unspecified atom stereocenters. The Morgan fingerprint density at radius 3 is 1.53 bits per heavy atom. The van der Waals surface area contributed by atoms with Crippen molar-refractivity contribution in [1.82, 2.24) is 20.2 Å². The Morgan fingerprint density at radius 2 is 1.13 bits per heavy atom. The molecule has 3 fully saturated rings. The monoisotopic (exact) mass is 967 g/mol. The Balaban J connectivity index is 0.000000234. The minimum absolute atomic E-state index is 0. The first kappa shape index (κ1) is 54.7. The van der Waals surface area contributed by atoms with Gasteiger partial charge >= 0.3 is 6.09 Å². The molecule has 0 atom stereocenters. The molecule has 70 heavy (non-hydrogen) atoms. The molecule has 5 N–H and O–H groups in total. The van der Waals surface area contributed by atoms with Gasteiger partial charge in [-0.25, -0.2) is 13.6 Å². The number of hydrogen-bond donors (Lipinski definition) is 5. The molecule has 0 saturated carbocycles. The van der Waals surface area contributed by atoms with Gasteiger partial charge < -0.3 is 40.3 Å². The van der Waals surface area contributed by atoms with E-state index in [9.17, 15) is 32.8 Å². The number of H-pyrrole nitrogens is 2. The lowest BCUT2D eigenvalue weighted by Crippen LogP contribution is -2.43. The predicted octanol–water partition coefficient (Wildman–Crippen LogP) is 10.5. The van der Waals surface area contributed by atoms with Crippen LogP contribution in [-0.4, -0.2) is 89.3 Å². The molecule has 5 aliphatic rings. The SMILES string of the molecule is C.C.C1CCOC1.Cc1[nH]c(/C=C2\C(=O)Nc3ccc(F)cc32)c(C)c1CC(=O)C1CCN(C(=O)OC(C)(C)C)CC1.Cc1[nH]c(/C=C2\C(=O)Nc3ccc(F)cc32)c(C)c1CC(=O)C1CCNCC1. The van der Waals surface area contributed by atoms with Crippen LogP contribution in [0.5, 0.6) is 0 Å². The van der Waals surface area contributed by atoms with Gasteiger partial charge in [0.25, 0.3) is 11.8 Å². The van der Waals surface area contributed by atoms with Crippen LogP contribution >= 0.6 is 0 Å². The number of ether oxygens (including phenoxy) is 2. The van der Waals surface area contributed by atoms with Gasteiger partial charge in [-0.2, -0.15) is 0 Å². The van der Waals surface area contributed by atoms with Gasteiger partial charge in [-0.15, -0.1) is 0 Å². The van der Waals surface area contributed by atoms with E-state index in [1.807, 2.05) is 48.5 Å². The lowest BCUT2D eigenvalue weighted by atomic mass is 9.88. The molecule has 3 saturated heterocycles. The molecule has 3 amide bonds. The molecule has 15 heteroatoms. The van der Waals surface area contributed by atoms with Gasteiger partial charge in [0.2, 0.25) is 0 Å². The average Bonchev–Trinajstić information content (AvgIpc) is 4.14. The summed E-state index contributed by atoms with van der Waals surface area (Å²) in [5, 5.41) is 8.81. The van der Waals surface area contributed by atoms with Gasteiger partial charge in [-0.3, -0.25) is 19.2 Å². The third-order valence-electron chi connectivity index (χ3n) is 13.3. The number of carbonyl (C=O) groups is 5. The lowest BCUT2D eigenvalue weighted by Gasteiger charge is -2.33. The van der Waals surface area contributed by atoms with Crippen LogP contribution in [0.2, 0.25) is 0 Å². The van der Waals surface area contributed by atoms with Crippen LogP contribution in [-0.2, 0) is 41.5 Å². The quantitative estimate of drug-likeness (QED) is 0.108. The predicted molar refractivity (Wildman–Crippen MR) is 273 cm³/mol. The normalized spacial score (nSPS) is 17.8. The van der Waals surface area contributed by atoms with Crippen LogP contribution in [0.3, 0.4) is 0 Å². The third-order valence-corrected chi connectivity index (χ3v) is 13.3. The van der Waals surface area contributed by atoms with Crippen LogP contribution in [0.25, 0.3) is 23.3 Å². The van der Waals surface area contributed by atoms with Crippen molar-refractivity contribution in [2.24, 2.45) is 11.8 Å². The van der Waals surface area contributed by atoms with Crippen molar-refractivity contribution in [2.75, 3.05) is 50.0 Å². The number of aromatic amines is 2. The fraction of sp³-hybridized carbons (Fsp3) is 0.473. The summed E-state index contributed by atoms with van der Waals surface area (Å²) < 4.78 is 37.8. The molecule has 9 rings (SSSR count). The summed E-state index contributed by atoms with van der Waals surface area (Å²) in [5.41, 5.74) is 9.62. The van der Waals surface area contributed by atoms with E-state index < -0.39 is 11.4 Å². The number of aromatic nitrogens is 2. The van der Waals surface area contributed by atoms with Crippen molar-refractivity contribution >= 4 is 64.1 Å². The average molecular weight is 967 g/mol. The minimum Gasteiger partial charge on any atom is -0.444 e. The number of likely N-dealkylation sites (tertiary alicyclic amines) is 1. The van der Waals surface area contributed by atoms with Crippen molar-refractivity contribution < 1.29 is 42.2 Å². The zero-order valence-corrected chi connectivity index (χ0v) is 40.2. The van der Waals surface area contributed by atoms with Crippen LogP contribution < -0.4 is 16.0 Å². The maximum absolute atomic E-state index is 13.8. The maximum atomic E-state index is 13.8. The fourth-order valence-electron chi connectivity index (χ4n) is 9.35. The number of amides is 3. The second-order valence-corrected chi connectivity index (χ2v) is 19.3. The molecule has 13 nitrogen and oxygen atoms in total. The van der Waals surface area contributed by atoms with E-state index in [0.717, 1.165) is 84.2 Å². The summed E-state index contributed by atoms with van der Waals surface area (Å²) in [6, 6.07) is 8.47. The first-order valence-corrected chi connectivity index (χ1v) is 23.7. The van der Waals surface area contributed by atoms with E-state index in [1.54, 1.807) is 29.2 Å². The minimum atomic E-state index is -0.546. The van der Waals surface area contributed by atoms with Crippen molar-refractivity contribution in [3.8, 4) is 0 Å². The number of aryl methyl sites for hydroxylation is 2. The van der Waals surface area contributed by atoms with E-state index in [0.29, 0.717) is 66.0 Å². The van der Waals surface area contributed by atoms with Crippen molar-refractivity contribution in [3.63, 3.8) is 0 Å². The van der Waals surface area contributed by atoms with Crippen molar-refractivity contribution in [3.05, 3.63) is 104 Å². The van der Waals surface area contributed by atoms with Crippen LogP contribution in [0.1, 0.15) is 130 Å². The van der Waals surface area contributed by atoms with E-state index in [-0.39, 0.29) is 68.4 Å². The fourth-order valence-corrected chi connectivity index (χ4v) is 9.35. The first-order chi connectivity index (χ1) is 32.4. The van der Waals surface area contributed by atoms with E-state index >= 15 is 0 Å². The number of benzene rings is 2. The Bertz CT molecular complexity index is 2630. The summed E-state index contributed by atoms with van der Waals surface area (Å²) in [7, 11) is 0. The number of carbonyl (C=O) groups excluding carboxylic acids is 5. The number of hydrogen-bond acceptors (Lipinski definition) is 8. The highest BCUT2D eigenvalue weighted by Crippen LogP contribution is 2.36. The Hall–Kier alpha value is -6.19. The van der Waals surface area contributed by atoms with E-state index in [2.05, 4.69) is 25.9 Å². The summed E-state index contributed by atoms with van der Waals surface area (Å²) in [5.74, 6) is -0.900. The number of ketones is 2. The zero-order chi connectivity index (χ0) is 48.9. The molecule has 2 aromatic heterocycles. The van der Waals surface area contributed by atoms with Gasteiger partial charge in [-0.1, -0.05) is 14.9 Å². The smallest absolute Gasteiger partial charge is 0.410 e. The Labute approximate surface area is 411 Å². The number of rotatable bonds is 8. The number of piperidine rings is 2. The maximum Gasteiger partial charge on any atom is 0.410 e. The Morgan fingerprint density at radius 1 is 0.700 bits per heavy atom. The summed E-state index contributed by atoms with van der Waals surface area (Å²) >= 11 is 0. The number of fused-ring (bicyclic) bond motifs is 2. The van der Waals surface area contributed by atoms with Crippen LogP contribution in [0, 0.1) is 51.2 Å². The molecule has 378 valence electrons. The standard InChI is InChI=1S/C27H32FN3O4.C22H24FN3O2.C4H8O.2CH4/c1-15-19(14-24(32)17-8-10-31(11-9-17)26(34)35-27(3,4)5)16(2)29-23(15)13-21-20-12-18(28)6-7-22(20)30-25(21)33;1-12-16(11-21(27)14-5-7-24-8-6-14)13(2)25-20(12)10-18-17-9-15(23)3-4-19(17)26-22(18)28;1-2-4-5-3-1;;/h6-7,12-13,17,29H,8-11,14H2,1-5H3,(H,30,33);3-4,9-10,14,24-25H,5-8,11H2,1-2H3,(H,26,28);1-4H2;2*1H4/b21-13-;18-10-;;;. The molecule has 5 aliphatic heterocycles. The molecule has 0 aliphatic carbocycles. The molecule has 2 aromatic carbocycles. The summed E-state index contributed by atoms with van der Waals surface area (Å²) in [4.78, 5) is 71.2. The molecule has 7 heterocycles. The largest absolute Gasteiger partial charge is 0.444 e. The summed E-state index contributed by atoms with van der Waals surface area (Å²) in [6.45, 7) is 18.0. The Kier molecular flexibility index (Phi) is 18.5. The van der Waals surface area contributed by atoms with E-state index in [1.165, 1.54) is 37.1 Å². The molecule has 4 aromatic rings. The van der Waals surface area contributed by atoms with Gasteiger partial charge in [0.05, 0.1) is 11.1 Å². The number of Topliss-reactive ketones (excluding diaryl/α,β-unsaturated/α-hetero) is 2. The number of anilines is 2. The molecular weight excluding hydrogens is 895 g/mol. The number of nitrogens with one attached hydrogen (secondary N) is 5. The van der Waals surface area contributed by atoms with Gasteiger partial charge in [-0.05, 0) is 171 Å². The molecular formula is C55H72F2N6O7. The van der Waals surface area contributed by atoms with Gasteiger partial charge in [0.1, 0.15) is 28.8 Å². The first-order valence-electron chi connectivity index (χ1n) is 23.7. The highest BCUT2D eigenvalue weighted by molar-refractivity contribution is 6.35. The van der Waals surface area contributed by atoms with Gasteiger partial charge in [0, 0.05) is 96.3 Å². The molecule has 0 radical (unpaired) electrons. The zero-order valence-electron chi connectivity index (χ0n) is 40.2. The highest BCUT2D eigenvalue weighted by atomic mass is 19.1. The van der Waals surface area contributed by atoms with Crippen LogP contribution in [0.4, 0.5) is 25.0 Å². The highest BCUT2D eigenvalue weighted by Gasteiger charge is 2.32. The summed E-state index contributed by atoms with van der Waals surface area (Å²) in [6.07, 6.45) is 9.38. The third kappa shape index (κ3) is 13.2. The van der Waals surface area contributed by atoms with Crippen LogP contribution in [0.15, 0.2) is 36.4 Å². The van der Waals surface area contributed by atoms with E-state index in [4.69, 9.17) is 9.47 Å². The van der Waals surface area contributed by atoms with Crippen molar-refractivity contribution in [1.29, 1.82) is 0 Å². The second-order valence-electron chi connectivity index (χ2n) is 19.3. The molecule has 0 bridgehead atoms. The van der Waals surface area contributed by atoms with Crippen molar-refractivity contribution in [2.45, 2.75) is 120 Å². The molecule has 0 spiro atoms. The second kappa shape index (κ2) is 23.6. The topological polar surface area (TPSA) is 175 Å². The number of nitrogens with zero attached hydrogens (tertiary/aromatic N) is 1. The number of halogens is 2. The van der Waals surface area contributed by atoms with Gasteiger partial charge in [0.15, 0.2) is 0 Å². The lowest BCUT2D eigenvalue weighted by molar-refractivity contribution is -0.124.